The quantitative estimate of drug-likeness (QED) is 0.535. The smallest absolute Gasteiger partial charge is 0.188 e. The van der Waals surface area contributed by atoms with Crippen molar-refractivity contribution in [1.29, 1.82) is 5.41 Å². The SMILES string of the molecule is N=C(N)c1ccccc1Sc1ncn[nH]1. The molecule has 15 heavy (non-hydrogen) atoms. The minimum atomic E-state index is 0.0533. The molecule has 0 bridgehead atoms. The minimum Gasteiger partial charge on any atom is -0.384 e. The molecule has 5 nitrogen and oxygen atoms in total. The highest BCUT2D eigenvalue weighted by Gasteiger charge is 2.07. The first-order valence-corrected chi connectivity index (χ1v) is 5.05. The van der Waals surface area contributed by atoms with Crippen molar-refractivity contribution >= 4 is 17.6 Å². The Morgan fingerprint density at radius 1 is 1.40 bits per heavy atom. The monoisotopic (exact) mass is 219 g/mol. The van der Waals surface area contributed by atoms with Crippen LogP contribution in [0.25, 0.3) is 0 Å². The Balaban J connectivity index is 2.32. The standard InChI is InChI=1S/C9H9N5S/c10-8(11)6-3-1-2-4-7(6)15-9-12-5-13-14-9/h1-5H,(H3,10,11)(H,12,13,14). The van der Waals surface area contributed by atoms with Crippen LogP contribution in [0.1, 0.15) is 5.56 Å². The maximum atomic E-state index is 7.42. The highest BCUT2D eigenvalue weighted by atomic mass is 32.2. The Morgan fingerprint density at radius 2 is 2.20 bits per heavy atom. The van der Waals surface area contributed by atoms with Crippen LogP contribution in [-0.2, 0) is 0 Å². The second kappa shape index (κ2) is 4.14. The third-order valence-corrected chi connectivity index (χ3v) is 2.74. The van der Waals surface area contributed by atoms with Gasteiger partial charge in [0.25, 0.3) is 0 Å². The van der Waals surface area contributed by atoms with E-state index in [2.05, 4.69) is 15.2 Å². The number of H-pyrrole nitrogens is 1. The van der Waals surface area contributed by atoms with Crippen LogP contribution in [-0.4, -0.2) is 21.0 Å². The van der Waals surface area contributed by atoms with E-state index in [9.17, 15) is 0 Å². The summed E-state index contributed by atoms with van der Waals surface area (Å²) in [5.74, 6) is 0.0533. The summed E-state index contributed by atoms with van der Waals surface area (Å²) in [5.41, 5.74) is 6.17. The van der Waals surface area contributed by atoms with E-state index < -0.39 is 0 Å². The normalized spacial score (nSPS) is 10.1. The number of hydrogen-bond donors (Lipinski definition) is 3. The van der Waals surface area contributed by atoms with Gasteiger partial charge in [0.15, 0.2) is 5.16 Å². The van der Waals surface area contributed by atoms with Gasteiger partial charge in [0.05, 0.1) is 0 Å². The van der Waals surface area contributed by atoms with Gasteiger partial charge in [-0.05, 0) is 17.8 Å². The molecule has 0 aliphatic heterocycles. The molecule has 4 N–H and O–H groups in total. The Hall–Kier alpha value is -1.82. The number of benzene rings is 1. The number of aromatic amines is 1. The molecule has 6 heteroatoms. The molecule has 1 aromatic heterocycles. The Kier molecular flexibility index (Phi) is 2.68. The molecule has 0 saturated heterocycles. The highest BCUT2D eigenvalue weighted by molar-refractivity contribution is 7.99. The summed E-state index contributed by atoms with van der Waals surface area (Å²) in [7, 11) is 0. The molecule has 0 aliphatic carbocycles. The lowest BCUT2D eigenvalue weighted by Gasteiger charge is -2.04. The molecule has 0 spiro atoms. The molecule has 0 atom stereocenters. The molecular weight excluding hydrogens is 210 g/mol. The zero-order chi connectivity index (χ0) is 10.7. The van der Waals surface area contributed by atoms with Crippen molar-refractivity contribution in [2.75, 3.05) is 0 Å². The van der Waals surface area contributed by atoms with E-state index in [0.717, 1.165) is 4.90 Å². The van der Waals surface area contributed by atoms with E-state index in [4.69, 9.17) is 11.1 Å². The van der Waals surface area contributed by atoms with Gasteiger partial charge in [0.1, 0.15) is 12.2 Å². The van der Waals surface area contributed by atoms with Gasteiger partial charge in [-0.2, -0.15) is 5.10 Å². The van der Waals surface area contributed by atoms with Crippen molar-refractivity contribution < 1.29 is 0 Å². The maximum absolute atomic E-state index is 7.42. The number of aromatic nitrogens is 3. The van der Waals surface area contributed by atoms with E-state index in [0.29, 0.717) is 10.7 Å². The van der Waals surface area contributed by atoms with E-state index in [1.165, 1.54) is 18.1 Å². The summed E-state index contributed by atoms with van der Waals surface area (Å²) >= 11 is 1.40. The number of hydrogen-bond acceptors (Lipinski definition) is 4. The molecule has 2 aromatic rings. The van der Waals surface area contributed by atoms with Crippen molar-refractivity contribution in [3.63, 3.8) is 0 Å². The van der Waals surface area contributed by atoms with Crippen LogP contribution >= 0.6 is 11.8 Å². The zero-order valence-electron chi connectivity index (χ0n) is 7.77. The third-order valence-electron chi connectivity index (χ3n) is 1.78. The number of nitrogens with two attached hydrogens (primary N) is 1. The van der Waals surface area contributed by atoms with Crippen molar-refractivity contribution in [2.24, 2.45) is 5.73 Å². The summed E-state index contributed by atoms with van der Waals surface area (Å²) < 4.78 is 0. The first-order chi connectivity index (χ1) is 7.27. The summed E-state index contributed by atoms with van der Waals surface area (Å²) in [6.45, 7) is 0. The highest BCUT2D eigenvalue weighted by Crippen LogP contribution is 2.26. The average Bonchev–Trinajstić information content (AvgIpc) is 2.71. The molecule has 0 unspecified atom stereocenters. The van der Waals surface area contributed by atoms with Gasteiger partial charge < -0.3 is 5.73 Å². The number of nitrogens with one attached hydrogen (secondary N) is 2. The van der Waals surface area contributed by atoms with E-state index in [1.54, 1.807) is 6.07 Å². The molecule has 2 rings (SSSR count). The lowest BCUT2D eigenvalue weighted by atomic mass is 10.2. The molecule has 0 saturated carbocycles. The van der Waals surface area contributed by atoms with Gasteiger partial charge in [-0.1, -0.05) is 18.2 Å². The lowest BCUT2D eigenvalue weighted by Crippen LogP contribution is -2.11. The van der Waals surface area contributed by atoms with Crippen LogP contribution in [0.2, 0.25) is 0 Å². The summed E-state index contributed by atoms with van der Waals surface area (Å²) in [5, 5.41) is 14.6. The molecule has 0 fully saturated rings. The lowest BCUT2D eigenvalue weighted by molar-refractivity contribution is 0.973. The Labute approximate surface area is 90.6 Å². The molecule has 1 aromatic carbocycles. The van der Waals surface area contributed by atoms with Crippen molar-refractivity contribution in [2.45, 2.75) is 10.1 Å². The summed E-state index contributed by atoms with van der Waals surface area (Å²) in [6.07, 6.45) is 1.44. The Bertz CT molecular complexity index is 465. The second-order valence-electron chi connectivity index (χ2n) is 2.80. The summed E-state index contributed by atoms with van der Waals surface area (Å²) in [6, 6.07) is 7.44. The number of amidine groups is 1. The fourth-order valence-corrected chi connectivity index (χ4v) is 1.97. The maximum Gasteiger partial charge on any atom is 0.188 e. The predicted molar refractivity (Wildman–Crippen MR) is 58.0 cm³/mol. The summed E-state index contributed by atoms with van der Waals surface area (Å²) in [4.78, 5) is 4.89. The van der Waals surface area contributed by atoms with Gasteiger partial charge in [-0.15, -0.1) is 0 Å². The number of nitrogen functional groups attached to an aromatic ring is 1. The van der Waals surface area contributed by atoms with Gasteiger partial charge in [0, 0.05) is 10.5 Å². The van der Waals surface area contributed by atoms with Crippen molar-refractivity contribution in [3.8, 4) is 0 Å². The number of rotatable bonds is 3. The molecule has 0 amide bonds. The fourth-order valence-electron chi connectivity index (χ4n) is 1.13. The second-order valence-corrected chi connectivity index (χ2v) is 3.83. The number of nitrogens with zero attached hydrogens (tertiary/aromatic N) is 2. The van der Waals surface area contributed by atoms with Crippen LogP contribution in [0.15, 0.2) is 40.6 Å². The van der Waals surface area contributed by atoms with Crippen molar-refractivity contribution in [3.05, 3.63) is 36.2 Å². The first kappa shape index (κ1) is 9.72. The van der Waals surface area contributed by atoms with E-state index >= 15 is 0 Å². The van der Waals surface area contributed by atoms with Gasteiger partial charge in [-0.25, -0.2) is 4.98 Å². The molecule has 0 aliphatic rings. The Morgan fingerprint density at radius 3 is 2.87 bits per heavy atom. The van der Waals surface area contributed by atoms with Gasteiger partial charge in [0.2, 0.25) is 0 Å². The molecular formula is C9H9N5S. The molecule has 1 heterocycles. The fraction of sp³-hybridized carbons (Fsp3) is 0. The molecule has 76 valence electrons. The zero-order valence-corrected chi connectivity index (χ0v) is 8.58. The largest absolute Gasteiger partial charge is 0.384 e. The van der Waals surface area contributed by atoms with Crippen LogP contribution in [0.3, 0.4) is 0 Å². The van der Waals surface area contributed by atoms with Gasteiger partial charge >= 0.3 is 0 Å². The molecule has 0 radical (unpaired) electrons. The average molecular weight is 219 g/mol. The topological polar surface area (TPSA) is 91.4 Å². The van der Waals surface area contributed by atoms with Crippen LogP contribution < -0.4 is 5.73 Å². The van der Waals surface area contributed by atoms with E-state index in [-0.39, 0.29) is 5.84 Å². The third kappa shape index (κ3) is 2.16. The predicted octanol–water partition coefficient (Wildman–Crippen LogP) is 1.24. The van der Waals surface area contributed by atoms with Crippen molar-refractivity contribution in [1.82, 2.24) is 15.2 Å². The van der Waals surface area contributed by atoms with Crippen LogP contribution in [0.5, 0.6) is 0 Å². The first-order valence-electron chi connectivity index (χ1n) is 4.24. The van der Waals surface area contributed by atoms with Crippen LogP contribution in [0.4, 0.5) is 0 Å². The van der Waals surface area contributed by atoms with Gasteiger partial charge in [-0.3, -0.25) is 10.5 Å². The van der Waals surface area contributed by atoms with Crippen LogP contribution in [0, 0.1) is 5.41 Å². The van der Waals surface area contributed by atoms with E-state index in [1.807, 2.05) is 18.2 Å². The minimum absolute atomic E-state index is 0.0533.